The molecule has 0 bridgehead atoms. The molecule has 5 heteroatoms. The number of amides is 2. The number of carbonyl (C=O) groups is 2. The van der Waals surface area contributed by atoms with E-state index in [2.05, 4.69) is 5.32 Å². The Morgan fingerprint density at radius 3 is 2.77 bits per heavy atom. The molecule has 13 heavy (non-hydrogen) atoms. The van der Waals surface area contributed by atoms with Gasteiger partial charge in [-0.15, -0.1) is 11.3 Å². The summed E-state index contributed by atoms with van der Waals surface area (Å²) in [5.41, 5.74) is -1.13. The van der Waals surface area contributed by atoms with E-state index in [-0.39, 0.29) is 0 Å². The molecule has 1 aliphatic rings. The van der Waals surface area contributed by atoms with Gasteiger partial charge in [-0.2, -0.15) is 0 Å². The molecule has 68 valence electrons. The van der Waals surface area contributed by atoms with E-state index in [9.17, 15) is 9.59 Å². The van der Waals surface area contributed by atoms with Gasteiger partial charge in [-0.05, 0) is 18.4 Å². The number of alkyl carbamates (subject to hydrolysis) is 1. The number of hydrogen-bond acceptors (Lipinski definition) is 4. The zero-order valence-corrected chi connectivity index (χ0v) is 7.68. The molecule has 1 aromatic heterocycles. The molecular weight excluding hydrogens is 190 g/mol. The van der Waals surface area contributed by atoms with Gasteiger partial charge in [-0.1, -0.05) is 6.07 Å². The number of thiophene rings is 1. The van der Waals surface area contributed by atoms with Crippen LogP contribution in [0.3, 0.4) is 0 Å². The summed E-state index contributed by atoms with van der Waals surface area (Å²) in [5, 5.41) is 3.94. The SMILES string of the molecule is CC1(c2cccs2)OC(=O)NC1=O. The van der Waals surface area contributed by atoms with E-state index in [1.54, 1.807) is 13.0 Å². The van der Waals surface area contributed by atoms with Gasteiger partial charge in [-0.25, -0.2) is 4.79 Å². The predicted molar refractivity (Wildman–Crippen MR) is 46.3 cm³/mol. The summed E-state index contributed by atoms with van der Waals surface area (Å²) in [4.78, 5) is 22.9. The Bertz CT molecular complexity index is 359. The highest BCUT2D eigenvalue weighted by Gasteiger charge is 2.46. The van der Waals surface area contributed by atoms with Crippen LogP contribution in [0.5, 0.6) is 0 Å². The van der Waals surface area contributed by atoms with Crippen LogP contribution in [0.25, 0.3) is 0 Å². The summed E-state index contributed by atoms with van der Waals surface area (Å²) < 4.78 is 4.92. The molecule has 1 N–H and O–H groups in total. The van der Waals surface area contributed by atoms with Gasteiger partial charge in [0.2, 0.25) is 5.60 Å². The van der Waals surface area contributed by atoms with Crippen molar-refractivity contribution in [3.05, 3.63) is 22.4 Å². The largest absolute Gasteiger partial charge is 0.427 e. The molecule has 1 unspecified atom stereocenters. The molecule has 0 spiro atoms. The third-order valence-corrected chi connectivity index (χ3v) is 3.01. The van der Waals surface area contributed by atoms with Crippen molar-refractivity contribution in [3.63, 3.8) is 0 Å². The van der Waals surface area contributed by atoms with E-state index in [1.807, 2.05) is 11.4 Å². The van der Waals surface area contributed by atoms with Gasteiger partial charge in [0.25, 0.3) is 5.91 Å². The van der Waals surface area contributed by atoms with Crippen molar-refractivity contribution in [1.29, 1.82) is 0 Å². The minimum atomic E-state index is -1.13. The lowest BCUT2D eigenvalue weighted by atomic mass is 10.1. The van der Waals surface area contributed by atoms with Gasteiger partial charge in [0.15, 0.2) is 0 Å². The van der Waals surface area contributed by atoms with Crippen LogP contribution >= 0.6 is 11.3 Å². The summed E-state index contributed by atoms with van der Waals surface area (Å²) in [6, 6.07) is 3.58. The average Bonchev–Trinajstić information content (AvgIpc) is 2.61. The third-order valence-electron chi connectivity index (χ3n) is 1.94. The zero-order valence-electron chi connectivity index (χ0n) is 6.87. The van der Waals surface area contributed by atoms with Gasteiger partial charge in [0, 0.05) is 0 Å². The number of ether oxygens (including phenoxy) is 1. The monoisotopic (exact) mass is 197 g/mol. The number of cyclic esters (lactones) is 1. The van der Waals surface area contributed by atoms with Crippen molar-refractivity contribution < 1.29 is 14.3 Å². The molecule has 1 atom stereocenters. The van der Waals surface area contributed by atoms with E-state index in [0.717, 1.165) is 4.88 Å². The fourth-order valence-corrected chi connectivity index (χ4v) is 2.00. The molecule has 0 radical (unpaired) electrons. The first-order chi connectivity index (χ1) is 6.13. The molecule has 1 aliphatic heterocycles. The van der Waals surface area contributed by atoms with Gasteiger partial charge in [0.1, 0.15) is 0 Å². The first-order valence-corrected chi connectivity index (χ1v) is 4.59. The van der Waals surface area contributed by atoms with Gasteiger partial charge >= 0.3 is 6.09 Å². The van der Waals surface area contributed by atoms with E-state index in [0.29, 0.717) is 0 Å². The lowest BCUT2D eigenvalue weighted by Crippen LogP contribution is -2.32. The topological polar surface area (TPSA) is 55.4 Å². The number of imide groups is 1. The molecular formula is C8H7NO3S. The Morgan fingerprint density at radius 1 is 1.54 bits per heavy atom. The molecule has 0 aromatic carbocycles. The van der Waals surface area contributed by atoms with Crippen LogP contribution in [0.1, 0.15) is 11.8 Å². The van der Waals surface area contributed by atoms with E-state index in [1.165, 1.54) is 11.3 Å². The van der Waals surface area contributed by atoms with Crippen molar-refractivity contribution in [2.24, 2.45) is 0 Å². The Labute approximate surface area is 78.5 Å². The summed E-state index contributed by atoms with van der Waals surface area (Å²) in [7, 11) is 0. The van der Waals surface area contributed by atoms with Crippen LogP contribution in [0.4, 0.5) is 4.79 Å². The molecule has 2 heterocycles. The zero-order chi connectivity index (χ0) is 9.47. The van der Waals surface area contributed by atoms with Crippen molar-refractivity contribution in [1.82, 2.24) is 5.32 Å². The highest BCUT2D eigenvalue weighted by Crippen LogP contribution is 2.32. The van der Waals surface area contributed by atoms with E-state index in [4.69, 9.17) is 4.74 Å². The minimum Gasteiger partial charge on any atom is -0.427 e. The number of nitrogens with one attached hydrogen (secondary N) is 1. The van der Waals surface area contributed by atoms with Crippen LogP contribution in [0.2, 0.25) is 0 Å². The van der Waals surface area contributed by atoms with Crippen LogP contribution in [0.15, 0.2) is 17.5 Å². The molecule has 0 saturated carbocycles. The van der Waals surface area contributed by atoms with Crippen molar-refractivity contribution >= 4 is 23.3 Å². The molecule has 1 saturated heterocycles. The quantitative estimate of drug-likeness (QED) is 0.736. The maximum absolute atomic E-state index is 11.4. The first-order valence-electron chi connectivity index (χ1n) is 3.71. The molecule has 2 rings (SSSR count). The van der Waals surface area contributed by atoms with Gasteiger partial charge < -0.3 is 4.74 Å². The van der Waals surface area contributed by atoms with E-state index >= 15 is 0 Å². The second-order valence-corrected chi connectivity index (χ2v) is 3.80. The highest BCUT2D eigenvalue weighted by molar-refractivity contribution is 7.10. The number of carbonyl (C=O) groups excluding carboxylic acids is 2. The molecule has 2 amide bonds. The Kier molecular flexibility index (Phi) is 1.63. The molecule has 0 aliphatic carbocycles. The van der Waals surface area contributed by atoms with Crippen molar-refractivity contribution in [3.8, 4) is 0 Å². The summed E-state index contributed by atoms with van der Waals surface area (Å²) in [5.74, 6) is -0.403. The fraction of sp³-hybridized carbons (Fsp3) is 0.250. The van der Waals surface area contributed by atoms with Crippen LogP contribution in [-0.4, -0.2) is 12.0 Å². The van der Waals surface area contributed by atoms with Crippen LogP contribution in [-0.2, 0) is 15.1 Å². The fourth-order valence-electron chi connectivity index (χ4n) is 1.18. The summed E-state index contributed by atoms with van der Waals surface area (Å²) in [6.07, 6.45) is -0.680. The number of hydrogen-bond donors (Lipinski definition) is 1. The second kappa shape index (κ2) is 2.56. The molecule has 1 aromatic rings. The highest BCUT2D eigenvalue weighted by atomic mass is 32.1. The maximum Gasteiger partial charge on any atom is 0.415 e. The van der Waals surface area contributed by atoms with Gasteiger partial charge in [-0.3, -0.25) is 10.1 Å². The Hall–Kier alpha value is -1.36. The maximum atomic E-state index is 11.4. The Morgan fingerprint density at radius 2 is 2.31 bits per heavy atom. The minimum absolute atomic E-state index is 0.403. The molecule has 1 fully saturated rings. The summed E-state index contributed by atoms with van der Waals surface area (Å²) in [6.45, 7) is 1.58. The smallest absolute Gasteiger partial charge is 0.415 e. The third kappa shape index (κ3) is 1.12. The summed E-state index contributed by atoms with van der Waals surface area (Å²) >= 11 is 1.39. The Balaban J connectivity index is 2.42. The van der Waals surface area contributed by atoms with Crippen molar-refractivity contribution in [2.75, 3.05) is 0 Å². The second-order valence-electron chi connectivity index (χ2n) is 2.85. The van der Waals surface area contributed by atoms with Crippen LogP contribution in [0, 0.1) is 0 Å². The average molecular weight is 197 g/mol. The van der Waals surface area contributed by atoms with Gasteiger partial charge in [0.05, 0.1) is 4.88 Å². The standard InChI is InChI=1S/C8H7NO3S/c1-8(5-3-2-4-13-5)6(10)9-7(11)12-8/h2-4H,1H3,(H,9,10,11). The first kappa shape index (κ1) is 8.25. The number of rotatable bonds is 1. The molecule has 4 nitrogen and oxygen atoms in total. The predicted octanol–water partition coefficient (Wildman–Crippen LogP) is 1.23. The lowest BCUT2D eigenvalue weighted by molar-refractivity contribution is -0.130. The lowest BCUT2D eigenvalue weighted by Gasteiger charge is -2.16. The van der Waals surface area contributed by atoms with E-state index < -0.39 is 17.6 Å². The van der Waals surface area contributed by atoms with Crippen LogP contribution < -0.4 is 5.32 Å². The normalized spacial score (nSPS) is 27.2. The van der Waals surface area contributed by atoms with Crippen molar-refractivity contribution in [2.45, 2.75) is 12.5 Å².